The molecule has 4 N–H and O–H groups in total. The summed E-state index contributed by atoms with van der Waals surface area (Å²) in [6.07, 6.45) is -0.755. The number of thiophene rings is 1. The van der Waals surface area contributed by atoms with Crippen molar-refractivity contribution in [2.24, 2.45) is 0 Å². The minimum absolute atomic E-state index is 0. The number of nitriles is 1. The van der Waals surface area contributed by atoms with Crippen LogP contribution in [0.15, 0.2) is 0 Å². The van der Waals surface area contributed by atoms with Gasteiger partial charge in [0, 0.05) is 5.56 Å². The Morgan fingerprint density at radius 2 is 1.37 bits per heavy atom. The second-order valence-corrected chi connectivity index (χ2v) is 5.22. The van der Waals surface area contributed by atoms with Gasteiger partial charge in [0.25, 0.3) is 0 Å². The molecular formula is C12H14N2Na4O8S. The Bertz CT molecular complexity index is 735. The maximum absolute atomic E-state index is 11.2. The predicted molar refractivity (Wildman–Crippen MR) is 79.3 cm³/mol. The monoisotopic (exact) mass is 438 g/mol. The average Bonchev–Trinajstić information content (AvgIpc) is 2.74. The Morgan fingerprint density at radius 3 is 1.67 bits per heavy atom. The Balaban J connectivity index is -0.000000110. The zero-order valence-corrected chi connectivity index (χ0v) is 24.2. The molecule has 0 aliphatic carbocycles. The van der Waals surface area contributed by atoms with Crippen LogP contribution in [0.4, 0.5) is 5.00 Å². The second kappa shape index (κ2) is 16.6. The molecule has 10 nitrogen and oxygen atoms in total. The van der Waals surface area contributed by atoms with Gasteiger partial charge in [-0.1, -0.05) is 0 Å². The van der Waals surface area contributed by atoms with Gasteiger partial charge in [0.05, 0.1) is 12.0 Å². The molecule has 0 atom stereocenters. The van der Waals surface area contributed by atoms with Gasteiger partial charge >= 0.3 is 142 Å². The van der Waals surface area contributed by atoms with E-state index < -0.39 is 48.3 Å². The summed E-state index contributed by atoms with van der Waals surface area (Å²) < 4.78 is 0. The molecule has 0 spiro atoms. The van der Waals surface area contributed by atoms with Crippen LogP contribution < -0.4 is 123 Å². The molecule has 0 bridgehead atoms. The van der Waals surface area contributed by atoms with Gasteiger partial charge < -0.3 is 31.0 Å². The SMILES string of the molecule is N#Cc1c(N(CC(=O)O)CC(=O)O)sc(C(=O)O)c1CC(=O)O.[H-].[H-].[H-].[H-].[Na+].[Na+].[Na+].[Na+]. The molecule has 1 rings (SSSR count). The molecule has 0 aliphatic rings. The molecule has 1 heterocycles. The number of hydrogen-bond acceptors (Lipinski definition) is 7. The van der Waals surface area contributed by atoms with Crippen LogP contribution in [0.25, 0.3) is 0 Å². The van der Waals surface area contributed by atoms with Crippen LogP contribution in [0.2, 0.25) is 0 Å². The molecule has 0 saturated heterocycles. The third-order valence-electron chi connectivity index (χ3n) is 2.56. The smallest absolute Gasteiger partial charge is 1.00 e. The molecule has 1 aromatic rings. The molecule has 0 unspecified atom stereocenters. The van der Waals surface area contributed by atoms with Crippen molar-refractivity contribution in [1.82, 2.24) is 0 Å². The van der Waals surface area contributed by atoms with Crippen LogP contribution in [0.1, 0.15) is 26.5 Å². The summed E-state index contributed by atoms with van der Waals surface area (Å²) in [6.45, 7) is -1.57. The Hall–Kier alpha value is 0.870. The minimum Gasteiger partial charge on any atom is -1.00 e. The number of carboxylic acid groups (broad SMARTS) is 4. The van der Waals surface area contributed by atoms with Crippen LogP contribution in [0, 0.1) is 11.3 Å². The number of aliphatic carboxylic acids is 3. The van der Waals surface area contributed by atoms with Crippen molar-refractivity contribution < 1.29 is 164 Å². The van der Waals surface area contributed by atoms with Crippen LogP contribution in [0.3, 0.4) is 0 Å². The van der Waals surface area contributed by atoms with Crippen LogP contribution >= 0.6 is 11.3 Å². The number of hydrogen-bond donors (Lipinski definition) is 4. The predicted octanol–water partition coefficient (Wildman–Crippen LogP) is -11.6. The molecule has 0 fully saturated rings. The van der Waals surface area contributed by atoms with E-state index in [1.54, 1.807) is 6.07 Å². The van der Waals surface area contributed by atoms with E-state index in [4.69, 9.17) is 20.4 Å². The van der Waals surface area contributed by atoms with Crippen molar-refractivity contribution >= 4 is 40.2 Å². The quantitative estimate of drug-likeness (QED) is 0.285. The van der Waals surface area contributed by atoms with E-state index >= 15 is 0 Å². The fourth-order valence-electron chi connectivity index (χ4n) is 1.81. The Labute approximate surface area is 252 Å². The molecule has 130 valence electrons. The zero-order valence-electron chi connectivity index (χ0n) is 19.3. The minimum atomic E-state index is -1.49. The summed E-state index contributed by atoms with van der Waals surface area (Å²) in [6, 6.07) is 1.63. The fourth-order valence-corrected chi connectivity index (χ4v) is 2.92. The summed E-state index contributed by atoms with van der Waals surface area (Å²) in [5.74, 6) is -5.64. The summed E-state index contributed by atoms with van der Waals surface area (Å²) >= 11 is 0.467. The van der Waals surface area contributed by atoms with Crippen LogP contribution in [-0.2, 0) is 20.8 Å². The van der Waals surface area contributed by atoms with E-state index in [-0.39, 0.29) is 140 Å². The molecule has 0 aromatic carbocycles. The fraction of sp³-hybridized carbons (Fsp3) is 0.250. The van der Waals surface area contributed by atoms with Gasteiger partial charge in [0.2, 0.25) is 0 Å². The van der Waals surface area contributed by atoms with E-state index in [0.29, 0.717) is 11.3 Å². The van der Waals surface area contributed by atoms with Crippen molar-refractivity contribution in [3.8, 4) is 6.07 Å². The molecule has 0 saturated carbocycles. The van der Waals surface area contributed by atoms with Crippen molar-refractivity contribution in [3.05, 3.63) is 16.0 Å². The number of aromatic carboxylic acids is 1. The van der Waals surface area contributed by atoms with E-state index in [2.05, 4.69) is 0 Å². The van der Waals surface area contributed by atoms with E-state index in [9.17, 15) is 24.4 Å². The molecule has 1 aromatic heterocycles. The van der Waals surface area contributed by atoms with Gasteiger partial charge in [-0.15, -0.1) is 11.3 Å². The summed E-state index contributed by atoms with van der Waals surface area (Å²) in [5.41, 5.74) is -0.634. The first-order valence-corrected chi connectivity index (χ1v) is 6.68. The van der Waals surface area contributed by atoms with Gasteiger partial charge in [0.1, 0.15) is 29.0 Å². The number of nitrogens with zero attached hydrogens (tertiary/aromatic N) is 2. The Kier molecular flexibility index (Phi) is 21.8. The summed E-state index contributed by atoms with van der Waals surface area (Å²) in [5, 5.41) is 44.6. The van der Waals surface area contributed by atoms with Crippen molar-refractivity contribution in [3.63, 3.8) is 0 Å². The van der Waals surface area contributed by atoms with Gasteiger partial charge in [-0.05, 0) is 0 Å². The second-order valence-electron chi connectivity index (χ2n) is 4.22. The van der Waals surface area contributed by atoms with Gasteiger partial charge in [-0.2, -0.15) is 5.26 Å². The van der Waals surface area contributed by atoms with Gasteiger partial charge in [-0.3, -0.25) is 14.4 Å². The molecule has 27 heavy (non-hydrogen) atoms. The van der Waals surface area contributed by atoms with Crippen LogP contribution in [0.5, 0.6) is 0 Å². The molecule has 15 heteroatoms. The maximum Gasteiger partial charge on any atom is 1.00 e. The molecule has 0 aliphatic heterocycles. The normalized spacial score (nSPS) is 8.41. The first-order valence-electron chi connectivity index (χ1n) is 5.86. The average molecular weight is 438 g/mol. The van der Waals surface area contributed by atoms with E-state index in [1.165, 1.54) is 0 Å². The number of carbonyl (C=O) groups is 4. The van der Waals surface area contributed by atoms with Crippen molar-refractivity contribution in [2.75, 3.05) is 18.0 Å². The number of rotatable bonds is 8. The van der Waals surface area contributed by atoms with Crippen molar-refractivity contribution in [2.45, 2.75) is 6.42 Å². The van der Waals surface area contributed by atoms with E-state index in [0.717, 1.165) is 4.90 Å². The number of anilines is 1. The zero-order chi connectivity index (χ0) is 17.7. The maximum atomic E-state index is 11.2. The summed E-state index contributed by atoms with van der Waals surface area (Å²) in [7, 11) is 0. The third kappa shape index (κ3) is 11.0. The first kappa shape index (κ1) is 35.3. The molecule has 0 radical (unpaired) electrons. The topological polar surface area (TPSA) is 176 Å². The largest absolute Gasteiger partial charge is 1.00 e. The molecular weight excluding hydrogens is 424 g/mol. The summed E-state index contributed by atoms with van der Waals surface area (Å²) in [4.78, 5) is 44.1. The first-order chi connectivity index (χ1) is 10.7. The molecule has 0 amide bonds. The Morgan fingerprint density at radius 1 is 0.926 bits per heavy atom. The van der Waals surface area contributed by atoms with Crippen molar-refractivity contribution in [1.29, 1.82) is 5.26 Å². The van der Waals surface area contributed by atoms with E-state index in [1.807, 2.05) is 0 Å². The van der Waals surface area contributed by atoms with Crippen LogP contribution in [-0.4, -0.2) is 57.4 Å². The number of carboxylic acids is 4. The third-order valence-corrected chi connectivity index (χ3v) is 3.84. The van der Waals surface area contributed by atoms with Gasteiger partial charge in [-0.25, -0.2) is 4.79 Å². The van der Waals surface area contributed by atoms with Gasteiger partial charge in [0.15, 0.2) is 0 Å². The standard InChI is InChI=1S/C12H10N2O8S.4Na.4H/c13-2-6-5(1-7(15)16)10(12(21)22)23-11(6)14(3-8(17)18)4-9(19)20;;;;;;;;/h1,3-4H2,(H,15,16)(H,17,18)(H,19,20)(H,21,22);;;;;;;;/q;4*+1;4*-1.